The van der Waals surface area contributed by atoms with E-state index in [2.05, 4.69) is 21.0 Å². The summed E-state index contributed by atoms with van der Waals surface area (Å²) in [4.78, 5) is 11.1. The molecule has 0 saturated carbocycles. The summed E-state index contributed by atoms with van der Waals surface area (Å²) in [6.45, 7) is 1.58. The Hall–Kier alpha value is -1.42. The SMILES string of the molecule is CC(=O)Cc1cnn(-c2ccccc2)c1Br. The Bertz CT molecular complexity index is 505. The Balaban J connectivity index is 2.37. The van der Waals surface area contributed by atoms with Gasteiger partial charge in [-0.3, -0.25) is 4.79 Å². The zero-order valence-corrected chi connectivity index (χ0v) is 10.4. The molecule has 0 aliphatic heterocycles. The van der Waals surface area contributed by atoms with E-state index in [9.17, 15) is 4.79 Å². The highest BCUT2D eigenvalue weighted by Crippen LogP contribution is 2.21. The van der Waals surface area contributed by atoms with Crippen LogP contribution in [0, 0.1) is 0 Å². The van der Waals surface area contributed by atoms with Crippen molar-refractivity contribution in [2.45, 2.75) is 13.3 Å². The molecular weight excluding hydrogens is 268 g/mol. The van der Waals surface area contributed by atoms with Gasteiger partial charge in [-0.2, -0.15) is 5.10 Å². The lowest BCUT2D eigenvalue weighted by Gasteiger charge is -2.02. The summed E-state index contributed by atoms with van der Waals surface area (Å²) in [5, 5.41) is 4.26. The van der Waals surface area contributed by atoms with Crippen molar-refractivity contribution in [1.29, 1.82) is 0 Å². The Morgan fingerprint density at radius 1 is 1.38 bits per heavy atom. The number of para-hydroxylation sites is 1. The molecule has 3 nitrogen and oxygen atoms in total. The molecule has 0 fully saturated rings. The largest absolute Gasteiger partial charge is 0.300 e. The highest BCUT2D eigenvalue weighted by Gasteiger charge is 2.10. The molecule has 0 bridgehead atoms. The minimum atomic E-state index is 0.133. The van der Waals surface area contributed by atoms with Crippen LogP contribution in [-0.2, 0) is 11.2 Å². The van der Waals surface area contributed by atoms with Crippen LogP contribution in [0.1, 0.15) is 12.5 Å². The average molecular weight is 279 g/mol. The number of hydrogen-bond acceptors (Lipinski definition) is 2. The van der Waals surface area contributed by atoms with Gasteiger partial charge in [0.2, 0.25) is 0 Å². The van der Waals surface area contributed by atoms with Gasteiger partial charge in [-0.25, -0.2) is 4.68 Å². The van der Waals surface area contributed by atoms with Crippen LogP contribution in [0.25, 0.3) is 5.69 Å². The lowest BCUT2D eigenvalue weighted by Crippen LogP contribution is -1.98. The number of nitrogens with zero attached hydrogens (tertiary/aromatic N) is 2. The number of Topliss-reactive ketones (excluding diaryl/α,β-unsaturated/α-hetero) is 1. The van der Waals surface area contributed by atoms with Crippen LogP contribution in [0.5, 0.6) is 0 Å². The molecule has 0 unspecified atom stereocenters. The van der Waals surface area contributed by atoms with E-state index in [1.807, 2.05) is 30.3 Å². The van der Waals surface area contributed by atoms with Crippen molar-refractivity contribution >= 4 is 21.7 Å². The number of benzene rings is 1. The summed E-state index contributed by atoms with van der Waals surface area (Å²) < 4.78 is 2.62. The fraction of sp³-hybridized carbons (Fsp3) is 0.167. The van der Waals surface area contributed by atoms with E-state index in [1.165, 1.54) is 0 Å². The van der Waals surface area contributed by atoms with E-state index in [1.54, 1.807) is 17.8 Å². The molecule has 0 spiro atoms. The number of carbonyl (C=O) groups is 1. The van der Waals surface area contributed by atoms with E-state index < -0.39 is 0 Å². The lowest BCUT2D eigenvalue weighted by molar-refractivity contribution is -0.116. The molecule has 82 valence electrons. The highest BCUT2D eigenvalue weighted by atomic mass is 79.9. The number of hydrogen-bond donors (Lipinski definition) is 0. The van der Waals surface area contributed by atoms with Gasteiger partial charge in [0, 0.05) is 12.0 Å². The van der Waals surface area contributed by atoms with Crippen molar-refractivity contribution in [3.05, 3.63) is 46.7 Å². The number of carbonyl (C=O) groups excluding carboxylic acids is 1. The van der Waals surface area contributed by atoms with Gasteiger partial charge in [0.15, 0.2) is 0 Å². The van der Waals surface area contributed by atoms with Crippen LogP contribution in [0.2, 0.25) is 0 Å². The summed E-state index contributed by atoms with van der Waals surface area (Å²) in [7, 11) is 0. The number of aromatic nitrogens is 2. The number of rotatable bonds is 3. The fourth-order valence-electron chi connectivity index (χ4n) is 1.50. The zero-order chi connectivity index (χ0) is 11.5. The summed E-state index contributed by atoms with van der Waals surface area (Å²) in [6.07, 6.45) is 2.13. The van der Waals surface area contributed by atoms with Crippen LogP contribution in [0.4, 0.5) is 0 Å². The molecule has 0 saturated heterocycles. The van der Waals surface area contributed by atoms with E-state index in [-0.39, 0.29) is 5.78 Å². The topological polar surface area (TPSA) is 34.9 Å². The Morgan fingerprint density at radius 2 is 2.06 bits per heavy atom. The molecule has 2 rings (SSSR count). The first-order valence-corrected chi connectivity index (χ1v) is 5.75. The smallest absolute Gasteiger partial charge is 0.134 e. The first-order valence-electron chi connectivity index (χ1n) is 4.95. The molecule has 2 aromatic rings. The van der Waals surface area contributed by atoms with Gasteiger partial charge < -0.3 is 0 Å². The standard InChI is InChI=1S/C12H11BrN2O/c1-9(16)7-10-8-14-15(12(10)13)11-5-3-2-4-6-11/h2-6,8H,7H2,1H3. The summed E-state index contributed by atoms with van der Waals surface area (Å²) in [5.74, 6) is 0.133. The van der Waals surface area contributed by atoms with Gasteiger partial charge in [0.05, 0.1) is 11.9 Å². The van der Waals surface area contributed by atoms with Crippen LogP contribution >= 0.6 is 15.9 Å². The molecule has 0 N–H and O–H groups in total. The lowest BCUT2D eigenvalue weighted by atomic mass is 10.2. The second-order valence-corrected chi connectivity index (χ2v) is 4.34. The van der Waals surface area contributed by atoms with Crippen molar-refractivity contribution in [1.82, 2.24) is 9.78 Å². The van der Waals surface area contributed by atoms with Crippen LogP contribution < -0.4 is 0 Å². The van der Waals surface area contributed by atoms with E-state index in [4.69, 9.17) is 0 Å². The average Bonchev–Trinajstić information content (AvgIpc) is 2.61. The molecule has 16 heavy (non-hydrogen) atoms. The molecule has 1 aromatic heterocycles. The van der Waals surface area contributed by atoms with Crippen LogP contribution in [-0.4, -0.2) is 15.6 Å². The van der Waals surface area contributed by atoms with Crippen molar-refractivity contribution in [3.8, 4) is 5.69 Å². The maximum absolute atomic E-state index is 11.1. The molecular formula is C12H11BrN2O. The van der Waals surface area contributed by atoms with Gasteiger partial charge in [0.25, 0.3) is 0 Å². The first kappa shape index (κ1) is 11.1. The van der Waals surface area contributed by atoms with Crippen molar-refractivity contribution in [3.63, 3.8) is 0 Å². The molecule has 4 heteroatoms. The third-order valence-electron chi connectivity index (χ3n) is 2.22. The Labute approximate surface area is 102 Å². The second-order valence-electron chi connectivity index (χ2n) is 3.59. The molecule has 0 atom stereocenters. The molecule has 0 amide bonds. The molecule has 0 radical (unpaired) electrons. The summed E-state index contributed by atoms with van der Waals surface area (Å²) in [5.41, 5.74) is 1.89. The van der Waals surface area contributed by atoms with E-state index >= 15 is 0 Å². The maximum Gasteiger partial charge on any atom is 0.134 e. The normalized spacial score (nSPS) is 10.4. The van der Waals surface area contributed by atoms with Gasteiger partial charge >= 0.3 is 0 Å². The minimum Gasteiger partial charge on any atom is -0.300 e. The van der Waals surface area contributed by atoms with Gasteiger partial charge in [-0.1, -0.05) is 18.2 Å². The monoisotopic (exact) mass is 278 g/mol. The van der Waals surface area contributed by atoms with Gasteiger partial charge in [-0.15, -0.1) is 0 Å². The second kappa shape index (κ2) is 4.61. The summed E-state index contributed by atoms with van der Waals surface area (Å²) in [6, 6.07) is 9.80. The fourth-order valence-corrected chi connectivity index (χ4v) is 2.04. The third kappa shape index (κ3) is 2.22. The van der Waals surface area contributed by atoms with Crippen molar-refractivity contribution < 1.29 is 4.79 Å². The molecule has 1 heterocycles. The minimum absolute atomic E-state index is 0.133. The zero-order valence-electron chi connectivity index (χ0n) is 8.85. The van der Waals surface area contributed by atoms with E-state index in [0.29, 0.717) is 6.42 Å². The Kier molecular flexibility index (Phi) is 3.19. The van der Waals surface area contributed by atoms with Crippen LogP contribution in [0.3, 0.4) is 0 Å². The third-order valence-corrected chi connectivity index (χ3v) is 3.07. The highest BCUT2D eigenvalue weighted by molar-refractivity contribution is 9.10. The van der Waals surface area contributed by atoms with Crippen molar-refractivity contribution in [2.75, 3.05) is 0 Å². The quantitative estimate of drug-likeness (QED) is 0.866. The maximum atomic E-state index is 11.1. The van der Waals surface area contributed by atoms with Crippen molar-refractivity contribution in [2.24, 2.45) is 0 Å². The Morgan fingerprint density at radius 3 is 2.69 bits per heavy atom. The molecule has 1 aromatic carbocycles. The van der Waals surface area contributed by atoms with Crippen LogP contribution in [0.15, 0.2) is 41.1 Å². The number of ketones is 1. The predicted molar refractivity (Wildman–Crippen MR) is 65.6 cm³/mol. The first-order chi connectivity index (χ1) is 7.68. The predicted octanol–water partition coefficient (Wildman–Crippen LogP) is 2.77. The molecule has 0 aliphatic carbocycles. The van der Waals surface area contributed by atoms with E-state index in [0.717, 1.165) is 15.9 Å². The molecule has 0 aliphatic rings. The van der Waals surface area contributed by atoms with Gasteiger partial charge in [-0.05, 0) is 35.0 Å². The summed E-state index contributed by atoms with van der Waals surface area (Å²) >= 11 is 3.46. The van der Waals surface area contributed by atoms with Gasteiger partial charge in [0.1, 0.15) is 10.4 Å². The number of halogens is 1.